The van der Waals surface area contributed by atoms with E-state index in [1.165, 1.54) is 4.31 Å². The molecule has 0 amide bonds. The third-order valence-electron chi connectivity index (χ3n) is 3.15. The van der Waals surface area contributed by atoms with Crippen LogP contribution in [0, 0.1) is 6.92 Å². The SMILES string of the molecule is COCCN(C(C)C)S(=O)(=O)c1ccc(CN)cc1C. The van der Waals surface area contributed by atoms with Crippen LogP contribution in [0.4, 0.5) is 0 Å². The normalized spacial score (nSPS) is 12.3. The zero-order chi connectivity index (χ0) is 15.3. The average molecular weight is 300 g/mol. The Labute approximate surface area is 121 Å². The second-order valence-electron chi connectivity index (χ2n) is 5.01. The summed E-state index contributed by atoms with van der Waals surface area (Å²) in [6.45, 7) is 6.62. The molecule has 0 heterocycles. The van der Waals surface area contributed by atoms with Crippen LogP contribution in [0.3, 0.4) is 0 Å². The largest absolute Gasteiger partial charge is 0.383 e. The second kappa shape index (κ2) is 7.17. The first-order valence-electron chi connectivity index (χ1n) is 6.65. The third-order valence-corrected chi connectivity index (χ3v) is 5.39. The van der Waals surface area contributed by atoms with E-state index in [9.17, 15) is 8.42 Å². The van der Waals surface area contributed by atoms with Crippen LogP contribution in [0.2, 0.25) is 0 Å². The highest BCUT2D eigenvalue weighted by atomic mass is 32.2. The Bertz CT molecular complexity index is 541. The van der Waals surface area contributed by atoms with Crippen LogP contribution >= 0.6 is 0 Å². The van der Waals surface area contributed by atoms with Gasteiger partial charge in [0.25, 0.3) is 0 Å². The number of nitrogens with zero attached hydrogens (tertiary/aromatic N) is 1. The van der Waals surface area contributed by atoms with Gasteiger partial charge in [-0.25, -0.2) is 8.42 Å². The molecule has 0 aliphatic carbocycles. The molecule has 0 aromatic heterocycles. The second-order valence-corrected chi connectivity index (χ2v) is 6.87. The zero-order valence-corrected chi connectivity index (χ0v) is 13.4. The van der Waals surface area contributed by atoms with E-state index in [1.807, 2.05) is 19.9 Å². The van der Waals surface area contributed by atoms with Crippen molar-refractivity contribution in [3.05, 3.63) is 29.3 Å². The van der Waals surface area contributed by atoms with Crippen LogP contribution in [0.5, 0.6) is 0 Å². The topological polar surface area (TPSA) is 72.6 Å². The first-order chi connectivity index (χ1) is 9.34. The highest BCUT2D eigenvalue weighted by Gasteiger charge is 2.27. The molecule has 0 bridgehead atoms. The van der Waals surface area contributed by atoms with Gasteiger partial charge in [-0.2, -0.15) is 4.31 Å². The number of hydrogen-bond acceptors (Lipinski definition) is 4. The highest BCUT2D eigenvalue weighted by molar-refractivity contribution is 7.89. The Balaban J connectivity index is 3.19. The van der Waals surface area contributed by atoms with Gasteiger partial charge in [0, 0.05) is 26.2 Å². The summed E-state index contributed by atoms with van der Waals surface area (Å²) < 4.78 is 31.9. The molecule has 0 atom stereocenters. The number of sulfonamides is 1. The summed E-state index contributed by atoms with van der Waals surface area (Å²) in [7, 11) is -1.95. The quantitative estimate of drug-likeness (QED) is 0.828. The van der Waals surface area contributed by atoms with E-state index >= 15 is 0 Å². The molecule has 2 N–H and O–H groups in total. The molecule has 0 aliphatic heterocycles. The van der Waals surface area contributed by atoms with E-state index in [4.69, 9.17) is 10.5 Å². The maximum Gasteiger partial charge on any atom is 0.243 e. The van der Waals surface area contributed by atoms with Gasteiger partial charge in [-0.15, -0.1) is 0 Å². The van der Waals surface area contributed by atoms with Crippen LogP contribution in [-0.2, 0) is 21.3 Å². The lowest BCUT2D eigenvalue weighted by Crippen LogP contribution is -2.39. The minimum atomic E-state index is -3.52. The fourth-order valence-corrected chi connectivity index (χ4v) is 3.92. The van der Waals surface area contributed by atoms with Crippen molar-refractivity contribution in [3.63, 3.8) is 0 Å². The monoisotopic (exact) mass is 300 g/mol. The van der Waals surface area contributed by atoms with Gasteiger partial charge >= 0.3 is 0 Å². The van der Waals surface area contributed by atoms with E-state index < -0.39 is 10.0 Å². The van der Waals surface area contributed by atoms with E-state index in [2.05, 4.69) is 0 Å². The summed E-state index contributed by atoms with van der Waals surface area (Å²) in [6, 6.07) is 5.09. The fourth-order valence-electron chi connectivity index (χ4n) is 2.09. The molecule has 0 spiro atoms. The number of methoxy groups -OCH3 is 1. The lowest BCUT2D eigenvalue weighted by atomic mass is 10.1. The lowest BCUT2D eigenvalue weighted by Gasteiger charge is -2.26. The predicted octanol–water partition coefficient (Wildman–Crippen LogP) is 1.50. The number of hydrogen-bond donors (Lipinski definition) is 1. The first-order valence-corrected chi connectivity index (χ1v) is 8.09. The van der Waals surface area contributed by atoms with Crippen molar-refractivity contribution in [1.29, 1.82) is 0 Å². The summed E-state index contributed by atoms with van der Waals surface area (Å²) in [5, 5.41) is 0. The van der Waals surface area contributed by atoms with Crippen molar-refractivity contribution in [2.75, 3.05) is 20.3 Å². The number of nitrogens with two attached hydrogens (primary N) is 1. The molecule has 20 heavy (non-hydrogen) atoms. The van der Waals surface area contributed by atoms with E-state index in [0.29, 0.717) is 24.6 Å². The Hall–Kier alpha value is -0.950. The van der Waals surface area contributed by atoms with E-state index in [-0.39, 0.29) is 6.04 Å². The predicted molar refractivity (Wildman–Crippen MR) is 80.0 cm³/mol. The Morgan fingerprint density at radius 1 is 1.35 bits per heavy atom. The van der Waals surface area contributed by atoms with Gasteiger partial charge < -0.3 is 10.5 Å². The molecular weight excluding hydrogens is 276 g/mol. The molecular formula is C14H24N2O3S. The van der Waals surface area contributed by atoms with Gasteiger partial charge in [0.2, 0.25) is 10.0 Å². The molecule has 0 unspecified atom stereocenters. The van der Waals surface area contributed by atoms with Crippen molar-refractivity contribution >= 4 is 10.0 Å². The number of aryl methyl sites for hydroxylation is 1. The van der Waals surface area contributed by atoms with Crippen molar-refractivity contribution in [2.45, 2.75) is 38.3 Å². The molecule has 1 aromatic rings. The highest BCUT2D eigenvalue weighted by Crippen LogP contribution is 2.22. The number of ether oxygens (including phenoxy) is 1. The summed E-state index contributed by atoms with van der Waals surface area (Å²) in [4.78, 5) is 0.333. The smallest absolute Gasteiger partial charge is 0.243 e. The number of rotatable bonds is 7. The van der Waals surface area contributed by atoms with E-state index in [1.54, 1.807) is 26.2 Å². The number of benzene rings is 1. The van der Waals surface area contributed by atoms with Gasteiger partial charge in [-0.1, -0.05) is 12.1 Å². The average Bonchev–Trinajstić information content (AvgIpc) is 2.37. The van der Waals surface area contributed by atoms with Crippen molar-refractivity contribution < 1.29 is 13.2 Å². The molecule has 0 aliphatic rings. The van der Waals surface area contributed by atoms with Gasteiger partial charge in [0.15, 0.2) is 0 Å². The minimum Gasteiger partial charge on any atom is -0.383 e. The van der Waals surface area contributed by atoms with Gasteiger partial charge in [-0.05, 0) is 38.0 Å². The molecule has 1 rings (SSSR count). The molecule has 1 aromatic carbocycles. The molecule has 6 heteroatoms. The molecule has 0 saturated heterocycles. The molecule has 0 radical (unpaired) electrons. The summed E-state index contributed by atoms with van der Waals surface area (Å²) >= 11 is 0. The van der Waals surface area contributed by atoms with Crippen molar-refractivity contribution in [3.8, 4) is 0 Å². The van der Waals surface area contributed by atoms with Gasteiger partial charge in [0.05, 0.1) is 11.5 Å². The van der Waals surface area contributed by atoms with Crippen LogP contribution < -0.4 is 5.73 Å². The van der Waals surface area contributed by atoms with Crippen molar-refractivity contribution in [1.82, 2.24) is 4.31 Å². The first kappa shape index (κ1) is 17.1. The fraction of sp³-hybridized carbons (Fsp3) is 0.571. The minimum absolute atomic E-state index is 0.122. The molecule has 5 nitrogen and oxygen atoms in total. The Kier molecular flexibility index (Phi) is 6.13. The Morgan fingerprint density at radius 3 is 2.45 bits per heavy atom. The van der Waals surface area contributed by atoms with Crippen LogP contribution in [-0.4, -0.2) is 39.0 Å². The van der Waals surface area contributed by atoms with Crippen LogP contribution in [0.1, 0.15) is 25.0 Å². The molecule has 0 fully saturated rings. The van der Waals surface area contributed by atoms with E-state index in [0.717, 1.165) is 11.1 Å². The maximum atomic E-state index is 12.7. The maximum absolute atomic E-state index is 12.7. The lowest BCUT2D eigenvalue weighted by molar-refractivity contribution is 0.171. The standard InChI is InChI=1S/C14H24N2O3S/c1-11(2)16(7-8-19-4)20(17,18)14-6-5-13(10-15)9-12(14)3/h5-6,9,11H,7-8,10,15H2,1-4H3. The van der Waals surface area contributed by atoms with Crippen molar-refractivity contribution in [2.24, 2.45) is 5.73 Å². The summed E-state index contributed by atoms with van der Waals surface area (Å²) in [5.74, 6) is 0. The van der Waals surface area contributed by atoms with Gasteiger partial charge in [-0.3, -0.25) is 0 Å². The van der Waals surface area contributed by atoms with Crippen LogP contribution in [0.25, 0.3) is 0 Å². The summed E-state index contributed by atoms with van der Waals surface area (Å²) in [5.41, 5.74) is 7.22. The molecule has 114 valence electrons. The third kappa shape index (κ3) is 3.79. The molecule has 0 saturated carbocycles. The van der Waals surface area contributed by atoms with Crippen LogP contribution in [0.15, 0.2) is 23.1 Å². The Morgan fingerprint density at radius 2 is 2.00 bits per heavy atom. The van der Waals surface area contributed by atoms with Gasteiger partial charge in [0.1, 0.15) is 0 Å². The summed E-state index contributed by atoms with van der Waals surface area (Å²) in [6.07, 6.45) is 0. The zero-order valence-electron chi connectivity index (χ0n) is 12.6.